The fraction of sp³-hybridized carbons (Fsp3) is 0.909. The van der Waals surface area contributed by atoms with Crippen LogP contribution in [0.25, 0.3) is 0 Å². The van der Waals surface area contributed by atoms with E-state index >= 15 is 0 Å². The van der Waals surface area contributed by atoms with Gasteiger partial charge in [0.25, 0.3) is 0 Å². The van der Waals surface area contributed by atoms with Gasteiger partial charge in [-0.3, -0.25) is 4.79 Å². The molecule has 0 aromatic carbocycles. The largest absolute Gasteiger partial charge is 0.481 e. The number of hydrogen-bond donors (Lipinski definition) is 1. The van der Waals surface area contributed by atoms with E-state index in [-0.39, 0.29) is 6.42 Å². The predicted molar refractivity (Wildman–Crippen MR) is 58.4 cm³/mol. The number of aliphatic carboxylic acids is 1. The summed E-state index contributed by atoms with van der Waals surface area (Å²) in [7, 11) is 1.98. The van der Waals surface area contributed by atoms with Crippen LogP contribution in [-0.4, -0.2) is 36.1 Å². The SMILES string of the molecule is CN(CCCC(C)(C)C)CCC(=O)O. The Morgan fingerprint density at radius 1 is 1.29 bits per heavy atom. The first kappa shape index (κ1) is 13.4. The first-order valence-electron chi connectivity index (χ1n) is 5.21. The second-order valence-corrected chi connectivity index (χ2v) is 5.11. The zero-order valence-electron chi connectivity index (χ0n) is 9.84. The Balaban J connectivity index is 3.45. The smallest absolute Gasteiger partial charge is 0.304 e. The highest BCUT2D eigenvalue weighted by molar-refractivity contribution is 5.66. The molecule has 0 fully saturated rings. The molecule has 84 valence electrons. The first-order chi connectivity index (χ1) is 6.31. The number of rotatable bonds is 6. The quantitative estimate of drug-likeness (QED) is 0.716. The minimum atomic E-state index is -0.715. The Labute approximate surface area is 87.1 Å². The molecule has 0 aliphatic carbocycles. The van der Waals surface area contributed by atoms with Crippen LogP contribution in [0.3, 0.4) is 0 Å². The van der Waals surface area contributed by atoms with Crippen molar-refractivity contribution in [2.45, 2.75) is 40.0 Å². The number of carboxylic acids is 1. The van der Waals surface area contributed by atoms with E-state index < -0.39 is 5.97 Å². The van der Waals surface area contributed by atoms with Crippen LogP contribution in [0, 0.1) is 5.41 Å². The molecule has 1 N–H and O–H groups in total. The van der Waals surface area contributed by atoms with Crippen molar-refractivity contribution in [1.82, 2.24) is 4.90 Å². The third kappa shape index (κ3) is 9.52. The summed E-state index contributed by atoms with van der Waals surface area (Å²) in [6.07, 6.45) is 2.57. The van der Waals surface area contributed by atoms with E-state index in [1.807, 2.05) is 7.05 Å². The molecule has 0 aliphatic heterocycles. The average Bonchev–Trinajstić information content (AvgIpc) is 1.98. The van der Waals surface area contributed by atoms with Gasteiger partial charge in [0.05, 0.1) is 6.42 Å². The van der Waals surface area contributed by atoms with E-state index in [2.05, 4.69) is 25.7 Å². The van der Waals surface area contributed by atoms with Gasteiger partial charge in [-0.2, -0.15) is 0 Å². The molecule has 3 heteroatoms. The summed E-state index contributed by atoms with van der Waals surface area (Å²) in [4.78, 5) is 12.4. The van der Waals surface area contributed by atoms with Crippen LogP contribution in [-0.2, 0) is 4.79 Å². The van der Waals surface area contributed by atoms with Crippen LogP contribution in [0.15, 0.2) is 0 Å². The van der Waals surface area contributed by atoms with E-state index in [1.54, 1.807) is 0 Å². The van der Waals surface area contributed by atoms with Crippen LogP contribution < -0.4 is 0 Å². The van der Waals surface area contributed by atoms with Crippen molar-refractivity contribution in [2.24, 2.45) is 5.41 Å². The number of carbonyl (C=O) groups is 1. The molecule has 0 amide bonds. The van der Waals surface area contributed by atoms with Crippen molar-refractivity contribution in [3.05, 3.63) is 0 Å². The zero-order valence-corrected chi connectivity index (χ0v) is 9.84. The molecule has 0 radical (unpaired) electrons. The third-order valence-electron chi connectivity index (χ3n) is 2.17. The lowest BCUT2D eigenvalue weighted by molar-refractivity contribution is -0.137. The topological polar surface area (TPSA) is 40.5 Å². The van der Waals surface area contributed by atoms with E-state index in [1.165, 1.54) is 6.42 Å². The summed E-state index contributed by atoms with van der Waals surface area (Å²) in [6.45, 7) is 8.32. The highest BCUT2D eigenvalue weighted by Gasteiger charge is 2.10. The highest BCUT2D eigenvalue weighted by Crippen LogP contribution is 2.20. The Morgan fingerprint density at radius 3 is 2.29 bits per heavy atom. The molecule has 14 heavy (non-hydrogen) atoms. The fourth-order valence-corrected chi connectivity index (χ4v) is 1.28. The Morgan fingerprint density at radius 2 is 1.86 bits per heavy atom. The minimum Gasteiger partial charge on any atom is -0.481 e. The van der Waals surface area contributed by atoms with Crippen molar-refractivity contribution < 1.29 is 9.90 Å². The summed E-state index contributed by atoms with van der Waals surface area (Å²) in [5, 5.41) is 8.49. The van der Waals surface area contributed by atoms with Crippen LogP contribution in [0.1, 0.15) is 40.0 Å². The normalized spacial score (nSPS) is 12.1. The van der Waals surface area contributed by atoms with Gasteiger partial charge in [0, 0.05) is 6.54 Å². The van der Waals surface area contributed by atoms with Crippen molar-refractivity contribution in [1.29, 1.82) is 0 Å². The van der Waals surface area contributed by atoms with Gasteiger partial charge < -0.3 is 10.0 Å². The molecule has 0 heterocycles. The second kappa shape index (κ2) is 6.02. The summed E-state index contributed by atoms with van der Waals surface area (Å²) in [5.74, 6) is -0.715. The average molecular weight is 201 g/mol. The van der Waals surface area contributed by atoms with E-state index in [0.29, 0.717) is 12.0 Å². The number of nitrogens with zero attached hydrogens (tertiary/aromatic N) is 1. The lowest BCUT2D eigenvalue weighted by atomic mass is 9.90. The Hall–Kier alpha value is -0.570. The summed E-state index contributed by atoms with van der Waals surface area (Å²) in [6, 6.07) is 0. The van der Waals surface area contributed by atoms with Gasteiger partial charge in [-0.15, -0.1) is 0 Å². The Bertz CT molecular complexity index is 173. The summed E-state index contributed by atoms with van der Waals surface area (Å²) >= 11 is 0. The monoisotopic (exact) mass is 201 g/mol. The molecule has 0 saturated carbocycles. The maximum Gasteiger partial charge on any atom is 0.304 e. The van der Waals surface area contributed by atoms with Gasteiger partial charge in [0.2, 0.25) is 0 Å². The lowest BCUT2D eigenvalue weighted by Gasteiger charge is -2.21. The van der Waals surface area contributed by atoms with Crippen molar-refractivity contribution >= 4 is 5.97 Å². The van der Waals surface area contributed by atoms with Crippen LogP contribution >= 0.6 is 0 Å². The van der Waals surface area contributed by atoms with Gasteiger partial charge in [0.15, 0.2) is 0 Å². The van der Waals surface area contributed by atoms with Crippen LogP contribution in [0.2, 0.25) is 0 Å². The van der Waals surface area contributed by atoms with Crippen LogP contribution in [0.5, 0.6) is 0 Å². The van der Waals surface area contributed by atoms with Gasteiger partial charge >= 0.3 is 5.97 Å². The zero-order chi connectivity index (χ0) is 11.2. The van der Waals surface area contributed by atoms with Gasteiger partial charge in [-0.05, 0) is 31.8 Å². The van der Waals surface area contributed by atoms with Crippen molar-refractivity contribution in [3.63, 3.8) is 0 Å². The maximum absolute atomic E-state index is 10.3. The first-order valence-corrected chi connectivity index (χ1v) is 5.21. The van der Waals surface area contributed by atoms with E-state index in [9.17, 15) is 4.79 Å². The molecule has 0 atom stereocenters. The number of carboxylic acid groups (broad SMARTS) is 1. The molecular formula is C11H23NO2. The van der Waals surface area contributed by atoms with Crippen LogP contribution in [0.4, 0.5) is 0 Å². The minimum absolute atomic E-state index is 0.242. The van der Waals surface area contributed by atoms with E-state index in [4.69, 9.17) is 5.11 Å². The maximum atomic E-state index is 10.3. The Kier molecular flexibility index (Phi) is 5.77. The second-order valence-electron chi connectivity index (χ2n) is 5.11. The fourth-order valence-electron chi connectivity index (χ4n) is 1.28. The molecule has 0 unspecified atom stereocenters. The lowest BCUT2D eigenvalue weighted by Crippen LogP contribution is -2.23. The summed E-state index contributed by atoms with van der Waals surface area (Å²) in [5.41, 5.74) is 0.383. The molecule has 0 bridgehead atoms. The third-order valence-corrected chi connectivity index (χ3v) is 2.17. The standard InChI is InChI=1S/C11H23NO2/c1-11(2,3)7-5-8-12(4)9-6-10(13)14/h5-9H2,1-4H3,(H,13,14). The molecule has 0 aromatic rings. The van der Waals surface area contributed by atoms with Crippen molar-refractivity contribution in [2.75, 3.05) is 20.1 Å². The molecule has 0 saturated heterocycles. The molecule has 0 spiro atoms. The van der Waals surface area contributed by atoms with Crippen molar-refractivity contribution in [3.8, 4) is 0 Å². The van der Waals surface area contributed by atoms with Gasteiger partial charge in [-0.1, -0.05) is 20.8 Å². The molecule has 0 rings (SSSR count). The van der Waals surface area contributed by atoms with E-state index in [0.717, 1.165) is 13.0 Å². The number of hydrogen-bond acceptors (Lipinski definition) is 2. The highest BCUT2D eigenvalue weighted by atomic mass is 16.4. The molecule has 0 aliphatic rings. The predicted octanol–water partition coefficient (Wildman–Crippen LogP) is 2.22. The molecule has 0 aromatic heterocycles. The molecular weight excluding hydrogens is 178 g/mol. The molecule has 3 nitrogen and oxygen atoms in total. The van der Waals surface area contributed by atoms with Gasteiger partial charge in [0.1, 0.15) is 0 Å². The van der Waals surface area contributed by atoms with Gasteiger partial charge in [-0.25, -0.2) is 0 Å². The summed E-state index contributed by atoms with van der Waals surface area (Å²) < 4.78 is 0.